The minimum Gasteiger partial charge on any atom is -0.350 e. The van der Waals surface area contributed by atoms with E-state index in [1.165, 1.54) is 12.3 Å². The molecular formula is C14H20N4O3. The van der Waals surface area contributed by atoms with Gasteiger partial charge in [-0.15, -0.1) is 0 Å². The molecule has 1 saturated heterocycles. The quantitative estimate of drug-likeness (QED) is 0.635. The normalized spacial score (nSPS) is 22.0. The minimum atomic E-state index is -0.444. The maximum atomic E-state index is 12.3. The van der Waals surface area contributed by atoms with E-state index in [0.29, 0.717) is 18.2 Å². The molecule has 3 rings (SSSR count). The Kier molecular flexibility index (Phi) is 3.92. The summed E-state index contributed by atoms with van der Waals surface area (Å²) < 4.78 is 1.76. The standard InChI is InChI=1S/C14H20N4O3/c19-14(16-8-10-2-1-5-15-7-10)13-6-12(18(20)21)9-17(13)11-3-4-11/h6,9-11,15H,1-5,7-8H2,(H,16,19). The average Bonchev–Trinajstić information content (AvgIpc) is 3.24. The van der Waals surface area contributed by atoms with Crippen molar-refractivity contribution in [3.8, 4) is 0 Å². The second kappa shape index (κ2) is 5.85. The van der Waals surface area contributed by atoms with E-state index in [9.17, 15) is 14.9 Å². The summed E-state index contributed by atoms with van der Waals surface area (Å²) in [6.45, 7) is 2.58. The van der Waals surface area contributed by atoms with Crippen LogP contribution in [0.1, 0.15) is 42.2 Å². The molecule has 0 bridgehead atoms. The Balaban J connectivity index is 1.66. The van der Waals surface area contributed by atoms with Gasteiger partial charge in [0.2, 0.25) is 0 Å². The second-order valence-electron chi connectivity index (χ2n) is 5.90. The van der Waals surface area contributed by atoms with Gasteiger partial charge in [0.05, 0.1) is 11.1 Å². The van der Waals surface area contributed by atoms with Crippen molar-refractivity contribution in [2.45, 2.75) is 31.7 Å². The van der Waals surface area contributed by atoms with Crippen molar-refractivity contribution >= 4 is 11.6 Å². The molecule has 114 valence electrons. The van der Waals surface area contributed by atoms with Gasteiger partial charge in [0.15, 0.2) is 0 Å². The molecule has 1 aromatic rings. The van der Waals surface area contributed by atoms with E-state index >= 15 is 0 Å². The molecule has 1 aliphatic heterocycles. The third kappa shape index (κ3) is 3.24. The highest BCUT2D eigenvalue weighted by Gasteiger charge is 2.30. The van der Waals surface area contributed by atoms with E-state index in [2.05, 4.69) is 10.6 Å². The summed E-state index contributed by atoms with van der Waals surface area (Å²) >= 11 is 0. The number of piperidine rings is 1. The lowest BCUT2D eigenvalue weighted by atomic mass is 10.00. The van der Waals surface area contributed by atoms with Crippen LogP contribution >= 0.6 is 0 Å². The molecule has 1 saturated carbocycles. The van der Waals surface area contributed by atoms with Crippen LogP contribution in [0.4, 0.5) is 5.69 Å². The molecule has 21 heavy (non-hydrogen) atoms. The van der Waals surface area contributed by atoms with Crippen molar-refractivity contribution in [2.75, 3.05) is 19.6 Å². The van der Waals surface area contributed by atoms with E-state index < -0.39 is 4.92 Å². The zero-order chi connectivity index (χ0) is 14.8. The first-order valence-electron chi connectivity index (χ1n) is 7.50. The predicted molar refractivity (Wildman–Crippen MR) is 77.3 cm³/mol. The van der Waals surface area contributed by atoms with Crippen molar-refractivity contribution in [1.82, 2.24) is 15.2 Å². The van der Waals surface area contributed by atoms with Crippen LogP contribution in [0.15, 0.2) is 12.3 Å². The number of hydrogen-bond donors (Lipinski definition) is 2. The number of carbonyl (C=O) groups is 1. The molecule has 0 radical (unpaired) electrons. The van der Waals surface area contributed by atoms with Gasteiger partial charge >= 0.3 is 0 Å². The van der Waals surface area contributed by atoms with Gasteiger partial charge in [0.25, 0.3) is 11.6 Å². The summed E-state index contributed by atoms with van der Waals surface area (Å²) in [5, 5.41) is 17.1. The zero-order valence-corrected chi connectivity index (χ0v) is 11.9. The van der Waals surface area contributed by atoms with Gasteiger partial charge in [-0.2, -0.15) is 0 Å². The van der Waals surface area contributed by atoms with E-state index in [1.54, 1.807) is 4.57 Å². The molecule has 0 spiro atoms. The van der Waals surface area contributed by atoms with Crippen LogP contribution in [-0.4, -0.2) is 35.0 Å². The summed E-state index contributed by atoms with van der Waals surface area (Å²) in [5.74, 6) is 0.239. The van der Waals surface area contributed by atoms with Crippen LogP contribution in [0, 0.1) is 16.0 Å². The molecule has 7 heteroatoms. The SMILES string of the molecule is O=C(NCC1CCCNC1)c1cc([N+](=O)[O-])cn1C1CC1. The molecule has 1 aromatic heterocycles. The van der Waals surface area contributed by atoms with Crippen LogP contribution in [0.5, 0.6) is 0 Å². The van der Waals surface area contributed by atoms with Gasteiger partial charge in [-0.1, -0.05) is 0 Å². The van der Waals surface area contributed by atoms with Crippen molar-refractivity contribution in [2.24, 2.45) is 5.92 Å². The Morgan fingerprint density at radius 2 is 2.29 bits per heavy atom. The molecule has 2 aliphatic rings. The van der Waals surface area contributed by atoms with Gasteiger partial charge in [-0.25, -0.2) is 0 Å². The lowest BCUT2D eigenvalue weighted by Gasteiger charge is -2.22. The fourth-order valence-corrected chi connectivity index (χ4v) is 2.83. The first kappa shape index (κ1) is 14.1. The number of carbonyl (C=O) groups excluding carboxylic acids is 1. The zero-order valence-electron chi connectivity index (χ0n) is 11.9. The van der Waals surface area contributed by atoms with Gasteiger partial charge < -0.3 is 15.2 Å². The number of nitrogens with one attached hydrogen (secondary N) is 2. The molecule has 2 heterocycles. The molecule has 7 nitrogen and oxygen atoms in total. The molecule has 1 amide bonds. The van der Waals surface area contributed by atoms with Crippen LogP contribution < -0.4 is 10.6 Å². The van der Waals surface area contributed by atoms with Crippen LogP contribution in [0.3, 0.4) is 0 Å². The molecule has 2 fully saturated rings. The van der Waals surface area contributed by atoms with Crippen molar-refractivity contribution < 1.29 is 9.72 Å². The summed E-state index contributed by atoms with van der Waals surface area (Å²) in [6, 6.07) is 1.63. The van der Waals surface area contributed by atoms with Crippen LogP contribution in [0.25, 0.3) is 0 Å². The Morgan fingerprint density at radius 1 is 1.48 bits per heavy atom. The highest BCUT2D eigenvalue weighted by atomic mass is 16.6. The van der Waals surface area contributed by atoms with E-state index in [-0.39, 0.29) is 17.6 Å². The average molecular weight is 292 g/mol. The van der Waals surface area contributed by atoms with E-state index in [4.69, 9.17) is 0 Å². The van der Waals surface area contributed by atoms with Gasteiger partial charge in [-0.05, 0) is 44.7 Å². The third-order valence-electron chi connectivity index (χ3n) is 4.17. The van der Waals surface area contributed by atoms with Crippen LogP contribution in [-0.2, 0) is 0 Å². The lowest BCUT2D eigenvalue weighted by molar-refractivity contribution is -0.384. The second-order valence-corrected chi connectivity index (χ2v) is 5.90. The molecule has 1 atom stereocenters. The van der Waals surface area contributed by atoms with Crippen LogP contribution in [0.2, 0.25) is 0 Å². The number of aromatic nitrogens is 1. The summed E-state index contributed by atoms with van der Waals surface area (Å²) in [6.07, 6.45) is 5.69. The monoisotopic (exact) mass is 292 g/mol. The Bertz CT molecular complexity index is 544. The summed E-state index contributed by atoms with van der Waals surface area (Å²) in [7, 11) is 0. The molecule has 1 unspecified atom stereocenters. The van der Waals surface area contributed by atoms with Gasteiger partial charge in [0, 0.05) is 18.7 Å². The smallest absolute Gasteiger partial charge is 0.287 e. The largest absolute Gasteiger partial charge is 0.350 e. The van der Waals surface area contributed by atoms with Crippen molar-refractivity contribution in [1.29, 1.82) is 0 Å². The first-order chi connectivity index (χ1) is 10.1. The van der Waals surface area contributed by atoms with Gasteiger partial charge in [0.1, 0.15) is 5.69 Å². The Morgan fingerprint density at radius 3 is 2.90 bits per heavy atom. The van der Waals surface area contributed by atoms with E-state index in [1.807, 2.05) is 0 Å². The minimum absolute atomic E-state index is 0.00798. The highest BCUT2D eigenvalue weighted by molar-refractivity contribution is 5.93. The van der Waals surface area contributed by atoms with Crippen molar-refractivity contribution in [3.05, 3.63) is 28.1 Å². The number of amides is 1. The topological polar surface area (TPSA) is 89.2 Å². The maximum Gasteiger partial charge on any atom is 0.287 e. The summed E-state index contributed by atoms with van der Waals surface area (Å²) in [4.78, 5) is 22.7. The molecule has 0 aromatic carbocycles. The fourth-order valence-electron chi connectivity index (χ4n) is 2.83. The Hall–Kier alpha value is -1.89. The summed E-state index contributed by atoms with van der Waals surface area (Å²) in [5.41, 5.74) is 0.402. The van der Waals surface area contributed by atoms with Gasteiger partial charge in [-0.3, -0.25) is 14.9 Å². The molecule has 2 N–H and O–H groups in total. The predicted octanol–water partition coefficient (Wildman–Crippen LogP) is 1.46. The maximum absolute atomic E-state index is 12.3. The molecular weight excluding hydrogens is 272 g/mol. The highest BCUT2D eigenvalue weighted by Crippen LogP contribution is 2.37. The number of nitro groups is 1. The fraction of sp³-hybridized carbons (Fsp3) is 0.643. The number of hydrogen-bond acceptors (Lipinski definition) is 4. The lowest BCUT2D eigenvalue weighted by Crippen LogP contribution is -2.38. The third-order valence-corrected chi connectivity index (χ3v) is 4.17. The van der Waals surface area contributed by atoms with Crippen molar-refractivity contribution in [3.63, 3.8) is 0 Å². The van der Waals surface area contributed by atoms with E-state index in [0.717, 1.165) is 38.8 Å². The molecule has 1 aliphatic carbocycles. The number of rotatable bonds is 5. The first-order valence-corrected chi connectivity index (χ1v) is 7.50. The number of nitrogens with zero attached hydrogens (tertiary/aromatic N) is 2. The Labute approximate surface area is 122 Å².